The molecule has 1 fully saturated rings. The Morgan fingerprint density at radius 3 is 2.44 bits per heavy atom. The first-order valence-corrected chi connectivity index (χ1v) is 8.59. The second-order valence-electron chi connectivity index (χ2n) is 5.84. The maximum atomic E-state index is 13.0. The number of carbonyl (C=O) groups excluding carboxylic acids is 1. The molecule has 4 nitrogen and oxygen atoms in total. The van der Waals surface area contributed by atoms with Crippen LogP contribution in [0.4, 0.5) is 4.39 Å². The fourth-order valence-electron chi connectivity index (χ4n) is 2.83. The molecule has 0 atom stereocenters. The summed E-state index contributed by atoms with van der Waals surface area (Å²) in [6.45, 7) is 3.75. The van der Waals surface area contributed by atoms with E-state index >= 15 is 0 Å². The number of piperidine rings is 1. The zero-order valence-electron chi connectivity index (χ0n) is 14.1. The molecule has 1 aromatic heterocycles. The van der Waals surface area contributed by atoms with E-state index in [9.17, 15) is 9.18 Å². The van der Waals surface area contributed by atoms with Crippen molar-refractivity contribution in [3.63, 3.8) is 0 Å². The Morgan fingerprint density at radius 1 is 1.24 bits per heavy atom. The lowest BCUT2D eigenvalue weighted by molar-refractivity contribution is 0.0707. The molecule has 8 heteroatoms. The third-order valence-electron chi connectivity index (χ3n) is 4.26. The fraction of sp³-hybridized carbons (Fsp3) is 0.412. The molecule has 0 unspecified atom stereocenters. The summed E-state index contributed by atoms with van der Waals surface area (Å²) in [6.07, 6.45) is 1.95. The SMILES string of the molecule is Cc1nc(-c2ccc(F)cc2)sc1C(=O)N(C)C1CCNCC1.Cl.Cl. The predicted octanol–water partition coefficient (Wildman–Crippen LogP) is 3.93. The number of hydrogen-bond acceptors (Lipinski definition) is 4. The van der Waals surface area contributed by atoms with Gasteiger partial charge in [0.1, 0.15) is 15.7 Å². The van der Waals surface area contributed by atoms with Crippen LogP contribution in [-0.4, -0.2) is 42.0 Å². The molecular formula is C17H22Cl2FN3OS. The summed E-state index contributed by atoms with van der Waals surface area (Å²) in [5.74, 6) is -0.246. The van der Waals surface area contributed by atoms with E-state index in [0.717, 1.165) is 42.2 Å². The van der Waals surface area contributed by atoms with Crippen molar-refractivity contribution in [2.24, 2.45) is 0 Å². The maximum Gasteiger partial charge on any atom is 0.265 e. The summed E-state index contributed by atoms with van der Waals surface area (Å²) in [6, 6.07) is 6.49. The van der Waals surface area contributed by atoms with Crippen LogP contribution >= 0.6 is 36.2 Å². The van der Waals surface area contributed by atoms with Gasteiger partial charge in [-0.1, -0.05) is 0 Å². The summed E-state index contributed by atoms with van der Waals surface area (Å²) in [4.78, 5) is 19.8. The Hall–Kier alpha value is -1.21. The van der Waals surface area contributed by atoms with Crippen LogP contribution in [-0.2, 0) is 0 Å². The quantitative estimate of drug-likeness (QED) is 0.841. The van der Waals surface area contributed by atoms with Crippen LogP contribution in [0.25, 0.3) is 10.6 Å². The first kappa shape index (κ1) is 21.8. The molecule has 25 heavy (non-hydrogen) atoms. The maximum absolute atomic E-state index is 13.0. The van der Waals surface area contributed by atoms with Gasteiger partial charge in [0.2, 0.25) is 0 Å². The molecule has 1 aromatic carbocycles. The number of nitrogens with one attached hydrogen (secondary N) is 1. The zero-order chi connectivity index (χ0) is 16.4. The lowest BCUT2D eigenvalue weighted by Crippen LogP contribution is -2.43. The van der Waals surface area contributed by atoms with Gasteiger partial charge in [0.15, 0.2) is 0 Å². The van der Waals surface area contributed by atoms with Gasteiger partial charge in [-0.3, -0.25) is 4.79 Å². The van der Waals surface area contributed by atoms with Crippen molar-refractivity contribution in [3.05, 3.63) is 40.7 Å². The highest BCUT2D eigenvalue weighted by Crippen LogP contribution is 2.29. The number of amides is 1. The molecule has 0 spiro atoms. The van der Waals surface area contributed by atoms with Crippen LogP contribution < -0.4 is 5.32 Å². The lowest BCUT2D eigenvalue weighted by Gasteiger charge is -2.31. The highest BCUT2D eigenvalue weighted by molar-refractivity contribution is 7.17. The Bertz CT molecular complexity index is 702. The minimum atomic E-state index is -0.274. The van der Waals surface area contributed by atoms with Gasteiger partial charge in [0.05, 0.1) is 5.69 Å². The van der Waals surface area contributed by atoms with Crippen molar-refractivity contribution >= 4 is 42.1 Å². The van der Waals surface area contributed by atoms with Crippen molar-refractivity contribution in [3.8, 4) is 10.6 Å². The third kappa shape index (κ3) is 4.91. The van der Waals surface area contributed by atoms with Gasteiger partial charge >= 0.3 is 0 Å². The van der Waals surface area contributed by atoms with Crippen LogP contribution in [0.1, 0.15) is 28.2 Å². The van der Waals surface area contributed by atoms with Crippen LogP contribution in [0.5, 0.6) is 0 Å². The molecule has 2 aromatic rings. The standard InChI is InChI=1S/C17H20FN3OS.2ClH/c1-11-15(17(22)21(2)14-7-9-19-10-8-14)23-16(20-11)12-3-5-13(18)6-4-12;;/h3-6,14,19H,7-10H2,1-2H3;2*1H. The molecule has 0 saturated carbocycles. The lowest BCUT2D eigenvalue weighted by atomic mass is 10.1. The van der Waals surface area contributed by atoms with E-state index in [-0.39, 0.29) is 42.6 Å². The van der Waals surface area contributed by atoms with Crippen LogP contribution in [0.15, 0.2) is 24.3 Å². The highest BCUT2D eigenvalue weighted by atomic mass is 35.5. The number of rotatable bonds is 3. The molecule has 2 heterocycles. The van der Waals surface area contributed by atoms with Crippen molar-refractivity contribution in [2.45, 2.75) is 25.8 Å². The molecule has 0 bridgehead atoms. The minimum absolute atomic E-state index is 0. The van der Waals surface area contributed by atoms with Crippen molar-refractivity contribution < 1.29 is 9.18 Å². The number of aromatic nitrogens is 1. The molecule has 138 valence electrons. The smallest absolute Gasteiger partial charge is 0.265 e. The first-order chi connectivity index (χ1) is 11.1. The number of carbonyl (C=O) groups is 1. The summed E-state index contributed by atoms with van der Waals surface area (Å²) in [7, 11) is 1.87. The van der Waals surface area contributed by atoms with E-state index in [1.165, 1.54) is 23.5 Å². The van der Waals surface area contributed by atoms with Crippen molar-refractivity contribution in [1.82, 2.24) is 15.2 Å². The fourth-order valence-corrected chi connectivity index (χ4v) is 3.89. The summed E-state index contributed by atoms with van der Waals surface area (Å²) in [5, 5.41) is 4.07. The summed E-state index contributed by atoms with van der Waals surface area (Å²) < 4.78 is 13.0. The second kappa shape index (κ2) is 9.48. The normalized spacial score (nSPS) is 14.4. The van der Waals surface area contributed by atoms with Crippen LogP contribution in [0.2, 0.25) is 0 Å². The molecule has 1 saturated heterocycles. The average Bonchev–Trinajstić information content (AvgIpc) is 2.96. The van der Waals surface area contributed by atoms with Gasteiger partial charge < -0.3 is 10.2 Å². The summed E-state index contributed by atoms with van der Waals surface area (Å²) in [5.41, 5.74) is 1.57. The van der Waals surface area contributed by atoms with E-state index in [0.29, 0.717) is 4.88 Å². The third-order valence-corrected chi connectivity index (χ3v) is 5.45. The largest absolute Gasteiger partial charge is 0.338 e. The van der Waals surface area contributed by atoms with Crippen LogP contribution in [0, 0.1) is 12.7 Å². The molecule has 0 aliphatic carbocycles. The zero-order valence-corrected chi connectivity index (χ0v) is 16.6. The van der Waals surface area contributed by atoms with E-state index in [1.807, 2.05) is 18.9 Å². The number of benzene rings is 1. The molecule has 0 radical (unpaired) electrons. The van der Waals surface area contributed by atoms with Crippen LogP contribution in [0.3, 0.4) is 0 Å². The first-order valence-electron chi connectivity index (χ1n) is 7.77. The molecule has 1 N–H and O–H groups in total. The Labute approximate surface area is 163 Å². The molecule has 3 rings (SSSR count). The Balaban J connectivity index is 0.00000156. The number of halogens is 3. The van der Waals surface area contributed by atoms with Gasteiger partial charge in [0, 0.05) is 18.7 Å². The average molecular weight is 406 g/mol. The molecular weight excluding hydrogens is 384 g/mol. The van der Waals surface area contributed by atoms with E-state index in [4.69, 9.17) is 0 Å². The van der Waals surface area contributed by atoms with Gasteiger partial charge in [-0.15, -0.1) is 36.2 Å². The van der Waals surface area contributed by atoms with Gasteiger partial charge in [-0.25, -0.2) is 9.37 Å². The Morgan fingerprint density at radius 2 is 1.84 bits per heavy atom. The molecule has 1 aliphatic heterocycles. The minimum Gasteiger partial charge on any atom is -0.338 e. The van der Waals surface area contributed by atoms with Crippen molar-refractivity contribution in [1.29, 1.82) is 0 Å². The van der Waals surface area contributed by atoms with Gasteiger partial charge in [-0.2, -0.15) is 0 Å². The second-order valence-corrected chi connectivity index (χ2v) is 6.84. The van der Waals surface area contributed by atoms with E-state index in [2.05, 4.69) is 10.3 Å². The number of thiazole rings is 1. The number of aryl methyl sites for hydroxylation is 1. The van der Waals surface area contributed by atoms with E-state index in [1.54, 1.807) is 12.1 Å². The molecule has 1 amide bonds. The summed E-state index contributed by atoms with van der Waals surface area (Å²) >= 11 is 1.38. The van der Waals surface area contributed by atoms with Gasteiger partial charge in [0.25, 0.3) is 5.91 Å². The van der Waals surface area contributed by atoms with Gasteiger partial charge in [-0.05, 0) is 57.1 Å². The predicted molar refractivity (Wildman–Crippen MR) is 105 cm³/mol. The Kier molecular flexibility index (Phi) is 8.28. The molecule has 1 aliphatic rings. The topological polar surface area (TPSA) is 45.2 Å². The van der Waals surface area contributed by atoms with E-state index < -0.39 is 0 Å². The highest BCUT2D eigenvalue weighted by Gasteiger charge is 2.26. The number of nitrogens with zero attached hydrogens (tertiary/aromatic N) is 2. The van der Waals surface area contributed by atoms with Crippen molar-refractivity contribution in [2.75, 3.05) is 20.1 Å². The number of hydrogen-bond donors (Lipinski definition) is 1. The monoisotopic (exact) mass is 405 g/mol.